The standard InChI is InChI=1S/C14H19ClFNO/c1-2-10-8-17(6-5-14(10)18)9-11-7-12(15)3-4-13(11)16/h3-4,7,10,14,18H,2,5-6,8-9H2,1H3. The second kappa shape index (κ2) is 6.00. The fourth-order valence-corrected chi connectivity index (χ4v) is 2.74. The second-order valence-corrected chi connectivity index (χ2v) is 5.43. The highest BCUT2D eigenvalue weighted by molar-refractivity contribution is 6.30. The van der Waals surface area contributed by atoms with Gasteiger partial charge in [0.05, 0.1) is 6.10 Å². The first-order chi connectivity index (χ1) is 8.60. The van der Waals surface area contributed by atoms with E-state index in [-0.39, 0.29) is 11.9 Å². The fraction of sp³-hybridized carbons (Fsp3) is 0.571. The van der Waals surface area contributed by atoms with E-state index in [1.807, 2.05) is 0 Å². The summed E-state index contributed by atoms with van der Waals surface area (Å²) < 4.78 is 13.6. The first-order valence-corrected chi connectivity index (χ1v) is 6.82. The van der Waals surface area contributed by atoms with Crippen LogP contribution in [-0.4, -0.2) is 29.2 Å². The maximum absolute atomic E-state index is 13.6. The smallest absolute Gasteiger partial charge is 0.127 e. The molecule has 0 amide bonds. The summed E-state index contributed by atoms with van der Waals surface area (Å²) in [6, 6.07) is 4.66. The van der Waals surface area contributed by atoms with Crippen molar-refractivity contribution in [1.29, 1.82) is 0 Å². The number of likely N-dealkylation sites (tertiary alicyclic amines) is 1. The van der Waals surface area contributed by atoms with Crippen molar-refractivity contribution in [3.63, 3.8) is 0 Å². The highest BCUT2D eigenvalue weighted by Gasteiger charge is 2.26. The molecule has 1 aliphatic heterocycles. The SMILES string of the molecule is CCC1CN(Cc2cc(Cl)ccc2F)CCC1O. The minimum Gasteiger partial charge on any atom is -0.393 e. The number of aliphatic hydroxyl groups excluding tert-OH is 1. The first kappa shape index (κ1) is 13.8. The molecule has 2 rings (SSSR count). The predicted molar refractivity (Wildman–Crippen MR) is 71.1 cm³/mol. The Balaban J connectivity index is 2.03. The zero-order valence-electron chi connectivity index (χ0n) is 10.6. The van der Waals surface area contributed by atoms with Crippen LogP contribution in [0, 0.1) is 11.7 Å². The van der Waals surface area contributed by atoms with Crippen molar-refractivity contribution in [2.45, 2.75) is 32.4 Å². The minimum atomic E-state index is -0.213. The molecule has 0 spiro atoms. The van der Waals surface area contributed by atoms with Crippen molar-refractivity contribution < 1.29 is 9.50 Å². The fourth-order valence-electron chi connectivity index (χ4n) is 2.55. The molecular formula is C14H19ClFNO. The molecule has 1 aromatic rings. The molecule has 1 aliphatic rings. The van der Waals surface area contributed by atoms with Gasteiger partial charge in [0.15, 0.2) is 0 Å². The molecular weight excluding hydrogens is 253 g/mol. The number of halogens is 2. The normalized spacial score (nSPS) is 25.3. The molecule has 0 bridgehead atoms. The average Bonchev–Trinajstić information content (AvgIpc) is 2.36. The van der Waals surface area contributed by atoms with Gasteiger partial charge in [-0.2, -0.15) is 0 Å². The number of benzene rings is 1. The van der Waals surface area contributed by atoms with E-state index in [9.17, 15) is 9.50 Å². The van der Waals surface area contributed by atoms with Crippen LogP contribution in [0.3, 0.4) is 0 Å². The Kier molecular flexibility index (Phi) is 4.60. The van der Waals surface area contributed by atoms with E-state index in [1.54, 1.807) is 12.1 Å². The molecule has 2 nitrogen and oxygen atoms in total. The zero-order valence-corrected chi connectivity index (χ0v) is 11.3. The van der Waals surface area contributed by atoms with Crippen molar-refractivity contribution in [3.05, 3.63) is 34.6 Å². The maximum atomic E-state index is 13.6. The number of aliphatic hydroxyl groups is 1. The van der Waals surface area contributed by atoms with Gasteiger partial charge in [-0.3, -0.25) is 4.90 Å². The molecule has 1 saturated heterocycles. The van der Waals surface area contributed by atoms with Crippen molar-refractivity contribution >= 4 is 11.6 Å². The molecule has 18 heavy (non-hydrogen) atoms. The summed E-state index contributed by atoms with van der Waals surface area (Å²) in [4.78, 5) is 2.19. The molecule has 1 fully saturated rings. The Morgan fingerprint density at radius 1 is 1.50 bits per heavy atom. The van der Waals surface area contributed by atoms with Crippen LogP contribution in [0.5, 0.6) is 0 Å². The van der Waals surface area contributed by atoms with Crippen molar-refractivity contribution in [3.8, 4) is 0 Å². The monoisotopic (exact) mass is 271 g/mol. The summed E-state index contributed by atoms with van der Waals surface area (Å²) in [5, 5.41) is 10.4. The third-order valence-electron chi connectivity index (χ3n) is 3.70. The average molecular weight is 272 g/mol. The van der Waals surface area contributed by atoms with Gasteiger partial charge >= 0.3 is 0 Å². The molecule has 100 valence electrons. The van der Waals surface area contributed by atoms with Crippen molar-refractivity contribution in [2.75, 3.05) is 13.1 Å². The van der Waals surface area contributed by atoms with Gasteiger partial charge in [0.1, 0.15) is 5.82 Å². The van der Waals surface area contributed by atoms with Crippen LogP contribution in [0.25, 0.3) is 0 Å². The van der Waals surface area contributed by atoms with Gasteiger partial charge < -0.3 is 5.11 Å². The van der Waals surface area contributed by atoms with Gasteiger partial charge in [0.25, 0.3) is 0 Å². The van der Waals surface area contributed by atoms with E-state index in [2.05, 4.69) is 11.8 Å². The maximum Gasteiger partial charge on any atom is 0.127 e. The van der Waals surface area contributed by atoms with Crippen LogP contribution in [0.4, 0.5) is 4.39 Å². The number of hydrogen-bond donors (Lipinski definition) is 1. The highest BCUT2D eigenvalue weighted by atomic mass is 35.5. The van der Waals surface area contributed by atoms with Gasteiger partial charge in [0.2, 0.25) is 0 Å². The molecule has 0 aliphatic carbocycles. The third-order valence-corrected chi connectivity index (χ3v) is 3.94. The van der Waals surface area contributed by atoms with Crippen LogP contribution in [0.2, 0.25) is 5.02 Å². The van der Waals surface area contributed by atoms with Gasteiger partial charge in [-0.25, -0.2) is 4.39 Å². The third kappa shape index (κ3) is 3.22. The van der Waals surface area contributed by atoms with Crippen LogP contribution in [0.1, 0.15) is 25.3 Å². The Hall–Kier alpha value is -0.640. The van der Waals surface area contributed by atoms with Gasteiger partial charge in [0, 0.05) is 30.2 Å². The topological polar surface area (TPSA) is 23.5 Å². The second-order valence-electron chi connectivity index (χ2n) is 5.00. The van der Waals surface area contributed by atoms with Gasteiger partial charge in [-0.1, -0.05) is 18.5 Å². The van der Waals surface area contributed by atoms with E-state index in [1.165, 1.54) is 6.07 Å². The number of nitrogens with zero attached hydrogens (tertiary/aromatic N) is 1. The lowest BCUT2D eigenvalue weighted by atomic mass is 9.92. The lowest BCUT2D eigenvalue weighted by Gasteiger charge is -2.35. The number of rotatable bonds is 3. The molecule has 0 saturated carbocycles. The largest absolute Gasteiger partial charge is 0.393 e. The Labute approximate surface area is 112 Å². The van der Waals surface area contributed by atoms with E-state index < -0.39 is 0 Å². The highest BCUT2D eigenvalue weighted by Crippen LogP contribution is 2.23. The Morgan fingerprint density at radius 2 is 2.28 bits per heavy atom. The van der Waals surface area contributed by atoms with Crippen molar-refractivity contribution in [1.82, 2.24) is 4.90 Å². The van der Waals surface area contributed by atoms with Gasteiger partial charge in [-0.05, 0) is 37.0 Å². The quantitative estimate of drug-likeness (QED) is 0.913. The molecule has 0 aromatic heterocycles. The minimum absolute atomic E-state index is 0.210. The molecule has 1 N–H and O–H groups in total. The summed E-state index contributed by atoms with van der Waals surface area (Å²) in [6.45, 7) is 4.28. The lowest BCUT2D eigenvalue weighted by molar-refractivity contribution is 0.0218. The van der Waals surface area contributed by atoms with Crippen LogP contribution < -0.4 is 0 Å². The zero-order chi connectivity index (χ0) is 13.1. The Bertz CT molecular complexity index is 413. The molecule has 1 aromatic carbocycles. The molecule has 2 unspecified atom stereocenters. The molecule has 0 radical (unpaired) electrons. The first-order valence-electron chi connectivity index (χ1n) is 6.44. The summed E-state index contributed by atoms with van der Waals surface area (Å²) in [5.41, 5.74) is 0.633. The number of piperidine rings is 1. The number of hydrogen-bond acceptors (Lipinski definition) is 2. The lowest BCUT2D eigenvalue weighted by Crippen LogP contribution is -2.42. The van der Waals surface area contributed by atoms with E-state index in [0.29, 0.717) is 23.0 Å². The van der Waals surface area contributed by atoms with E-state index >= 15 is 0 Å². The predicted octanol–water partition coefficient (Wildman–Crippen LogP) is 3.07. The van der Waals surface area contributed by atoms with Crippen molar-refractivity contribution in [2.24, 2.45) is 5.92 Å². The summed E-state index contributed by atoms with van der Waals surface area (Å²) in [7, 11) is 0. The van der Waals surface area contributed by atoms with E-state index in [4.69, 9.17) is 11.6 Å². The molecule has 2 atom stereocenters. The molecule has 1 heterocycles. The molecule has 4 heteroatoms. The van der Waals surface area contributed by atoms with E-state index in [0.717, 1.165) is 25.9 Å². The van der Waals surface area contributed by atoms with Crippen LogP contribution >= 0.6 is 11.6 Å². The van der Waals surface area contributed by atoms with Crippen LogP contribution in [0.15, 0.2) is 18.2 Å². The summed E-state index contributed by atoms with van der Waals surface area (Å²) >= 11 is 5.89. The Morgan fingerprint density at radius 3 is 3.00 bits per heavy atom. The summed E-state index contributed by atoms with van der Waals surface area (Å²) in [6.07, 6.45) is 1.51. The van der Waals surface area contributed by atoms with Gasteiger partial charge in [-0.15, -0.1) is 0 Å². The van der Waals surface area contributed by atoms with Crippen LogP contribution in [-0.2, 0) is 6.54 Å². The summed E-state index contributed by atoms with van der Waals surface area (Å²) in [5.74, 6) is 0.0829.